The predicted octanol–water partition coefficient (Wildman–Crippen LogP) is 4.40. The van der Waals surface area contributed by atoms with Gasteiger partial charge in [-0.05, 0) is 38.7 Å². The molecule has 0 aliphatic heterocycles. The zero-order valence-corrected chi connectivity index (χ0v) is 15.2. The number of nitrogens with zero attached hydrogens (tertiary/aromatic N) is 3. The Morgan fingerprint density at radius 2 is 1.81 bits per heavy atom. The van der Waals surface area contributed by atoms with Crippen LogP contribution in [0.2, 0.25) is 0 Å². The summed E-state index contributed by atoms with van der Waals surface area (Å²) in [6.07, 6.45) is 1.59. The lowest BCUT2D eigenvalue weighted by Gasteiger charge is -2.25. The van der Waals surface area contributed by atoms with Crippen molar-refractivity contribution in [3.05, 3.63) is 66.0 Å². The van der Waals surface area contributed by atoms with E-state index in [4.69, 9.17) is 4.42 Å². The summed E-state index contributed by atoms with van der Waals surface area (Å²) in [5.41, 5.74) is 4.90. The minimum absolute atomic E-state index is 0.227. The van der Waals surface area contributed by atoms with E-state index in [9.17, 15) is 0 Å². The summed E-state index contributed by atoms with van der Waals surface area (Å²) in [6.45, 7) is 2.82. The number of aromatic nitrogens is 2. The van der Waals surface area contributed by atoms with Crippen molar-refractivity contribution in [2.75, 3.05) is 26.0 Å². The fourth-order valence-electron chi connectivity index (χ4n) is 3.23. The molecule has 1 N–H and O–H groups in total. The first-order chi connectivity index (χ1) is 12.6. The van der Waals surface area contributed by atoms with Gasteiger partial charge >= 0.3 is 0 Å². The number of anilines is 1. The average Bonchev–Trinajstić information content (AvgIpc) is 3.03. The molecule has 132 valence electrons. The molecule has 26 heavy (non-hydrogen) atoms. The highest BCUT2D eigenvalue weighted by Crippen LogP contribution is 2.30. The quantitative estimate of drug-likeness (QED) is 0.580. The minimum atomic E-state index is 0.227. The standard InChI is InChI=1S/C21H22N4O/c1-14-8-10-15(11-9-14)17(25(2)3)12-22-21-20-19(23-13-24-21)16-6-4-5-7-18(16)26-20/h4-11,13,17H,12H2,1-3H3,(H,22,23,24). The van der Waals surface area contributed by atoms with Crippen LogP contribution in [0.3, 0.4) is 0 Å². The average molecular weight is 346 g/mol. The number of aryl methyl sites for hydroxylation is 1. The number of rotatable bonds is 5. The summed E-state index contributed by atoms with van der Waals surface area (Å²) >= 11 is 0. The van der Waals surface area contributed by atoms with E-state index < -0.39 is 0 Å². The fraction of sp³-hybridized carbons (Fsp3) is 0.238. The van der Waals surface area contributed by atoms with E-state index in [-0.39, 0.29) is 6.04 Å². The lowest BCUT2D eigenvalue weighted by atomic mass is 10.0. The molecular formula is C21H22N4O. The van der Waals surface area contributed by atoms with Gasteiger partial charge in [0.15, 0.2) is 11.4 Å². The number of furan rings is 1. The van der Waals surface area contributed by atoms with E-state index >= 15 is 0 Å². The third kappa shape index (κ3) is 3.02. The highest BCUT2D eigenvalue weighted by Gasteiger charge is 2.17. The molecular weight excluding hydrogens is 324 g/mol. The maximum Gasteiger partial charge on any atom is 0.196 e. The van der Waals surface area contributed by atoms with Crippen molar-refractivity contribution in [2.45, 2.75) is 13.0 Å². The Balaban J connectivity index is 1.65. The van der Waals surface area contributed by atoms with E-state index in [1.807, 2.05) is 24.3 Å². The van der Waals surface area contributed by atoms with Crippen LogP contribution in [0, 0.1) is 6.92 Å². The van der Waals surface area contributed by atoms with Crippen molar-refractivity contribution in [1.29, 1.82) is 0 Å². The van der Waals surface area contributed by atoms with E-state index in [1.54, 1.807) is 6.33 Å². The number of fused-ring (bicyclic) bond motifs is 3. The van der Waals surface area contributed by atoms with Crippen LogP contribution in [0.4, 0.5) is 5.82 Å². The molecule has 0 aliphatic carbocycles. The van der Waals surface area contributed by atoms with E-state index in [0.29, 0.717) is 5.58 Å². The maximum atomic E-state index is 6.00. The predicted molar refractivity (Wildman–Crippen MR) is 105 cm³/mol. The van der Waals surface area contributed by atoms with Gasteiger partial charge in [0.05, 0.1) is 6.04 Å². The van der Waals surface area contributed by atoms with Gasteiger partial charge in [-0.25, -0.2) is 9.97 Å². The second-order valence-electron chi connectivity index (χ2n) is 6.77. The monoisotopic (exact) mass is 346 g/mol. The number of hydrogen-bond acceptors (Lipinski definition) is 5. The van der Waals surface area contributed by atoms with Crippen LogP contribution in [0.25, 0.3) is 22.1 Å². The second-order valence-corrected chi connectivity index (χ2v) is 6.77. The van der Waals surface area contributed by atoms with Crippen molar-refractivity contribution in [1.82, 2.24) is 14.9 Å². The van der Waals surface area contributed by atoms with Gasteiger partial charge in [0.2, 0.25) is 0 Å². The topological polar surface area (TPSA) is 54.2 Å². The van der Waals surface area contributed by atoms with Crippen LogP contribution in [0.1, 0.15) is 17.2 Å². The van der Waals surface area contributed by atoms with Crippen molar-refractivity contribution in [2.24, 2.45) is 0 Å². The van der Waals surface area contributed by atoms with Gasteiger partial charge in [0.1, 0.15) is 17.4 Å². The minimum Gasteiger partial charge on any atom is -0.450 e. The zero-order chi connectivity index (χ0) is 18.1. The Labute approximate surface area is 152 Å². The Bertz CT molecular complexity index is 1040. The first-order valence-corrected chi connectivity index (χ1v) is 8.72. The molecule has 5 heteroatoms. The third-order valence-corrected chi connectivity index (χ3v) is 4.71. The summed E-state index contributed by atoms with van der Waals surface area (Å²) in [7, 11) is 4.17. The molecule has 1 unspecified atom stereocenters. The molecule has 0 amide bonds. The number of hydrogen-bond donors (Lipinski definition) is 1. The van der Waals surface area contributed by atoms with Gasteiger partial charge in [0, 0.05) is 11.9 Å². The second kappa shape index (κ2) is 6.77. The van der Waals surface area contributed by atoms with Gasteiger partial charge < -0.3 is 14.6 Å². The van der Waals surface area contributed by atoms with Crippen molar-refractivity contribution < 1.29 is 4.42 Å². The molecule has 0 saturated carbocycles. The van der Waals surface area contributed by atoms with E-state index in [1.165, 1.54) is 11.1 Å². The smallest absolute Gasteiger partial charge is 0.196 e. The van der Waals surface area contributed by atoms with Crippen LogP contribution in [0.5, 0.6) is 0 Å². The molecule has 0 fully saturated rings. The molecule has 5 nitrogen and oxygen atoms in total. The Morgan fingerprint density at radius 3 is 2.58 bits per heavy atom. The maximum absolute atomic E-state index is 6.00. The number of nitrogens with one attached hydrogen (secondary N) is 1. The summed E-state index contributed by atoms with van der Waals surface area (Å²) in [5.74, 6) is 0.727. The van der Waals surface area contributed by atoms with Crippen LogP contribution in [-0.4, -0.2) is 35.5 Å². The molecule has 2 aromatic carbocycles. The van der Waals surface area contributed by atoms with Crippen molar-refractivity contribution in [3.8, 4) is 0 Å². The van der Waals surface area contributed by atoms with Crippen LogP contribution in [0.15, 0.2) is 59.3 Å². The molecule has 0 bridgehead atoms. The van der Waals surface area contributed by atoms with Gasteiger partial charge in [-0.3, -0.25) is 0 Å². The molecule has 4 rings (SSSR count). The van der Waals surface area contributed by atoms with E-state index in [0.717, 1.165) is 28.8 Å². The van der Waals surface area contributed by atoms with Gasteiger partial charge in [0.25, 0.3) is 0 Å². The number of para-hydroxylation sites is 1. The molecule has 1 atom stereocenters. The highest BCUT2D eigenvalue weighted by molar-refractivity contribution is 6.05. The Hall–Kier alpha value is -2.92. The van der Waals surface area contributed by atoms with Gasteiger partial charge in [-0.2, -0.15) is 0 Å². The molecule has 2 heterocycles. The Morgan fingerprint density at radius 1 is 1.04 bits per heavy atom. The lowest BCUT2D eigenvalue weighted by molar-refractivity contribution is 0.311. The molecule has 0 radical (unpaired) electrons. The third-order valence-electron chi connectivity index (χ3n) is 4.71. The molecule has 4 aromatic rings. The fourth-order valence-corrected chi connectivity index (χ4v) is 3.23. The summed E-state index contributed by atoms with van der Waals surface area (Å²) in [4.78, 5) is 11.0. The summed E-state index contributed by atoms with van der Waals surface area (Å²) < 4.78 is 6.00. The molecule has 0 aliphatic rings. The lowest BCUT2D eigenvalue weighted by Crippen LogP contribution is -2.27. The molecule has 2 aromatic heterocycles. The zero-order valence-electron chi connectivity index (χ0n) is 15.2. The van der Waals surface area contributed by atoms with Crippen LogP contribution >= 0.6 is 0 Å². The Kier molecular flexibility index (Phi) is 4.31. The van der Waals surface area contributed by atoms with Crippen molar-refractivity contribution in [3.63, 3.8) is 0 Å². The largest absolute Gasteiger partial charge is 0.450 e. The first kappa shape index (κ1) is 16.5. The summed E-state index contributed by atoms with van der Waals surface area (Å²) in [5, 5.41) is 4.47. The highest BCUT2D eigenvalue weighted by atomic mass is 16.3. The van der Waals surface area contributed by atoms with E-state index in [2.05, 4.69) is 65.5 Å². The molecule has 0 spiro atoms. The van der Waals surface area contributed by atoms with Crippen LogP contribution in [-0.2, 0) is 0 Å². The number of likely N-dealkylation sites (N-methyl/N-ethyl adjacent to an activating group) is 1. The van der Waals surface area contributed by atoms with Crippen molar-refractivity contribution >= 4 is 27.9 Å². The first-order valence-electron chi connectivity index (χ1n) is 8.72. The summed E-state index contributed by atoms with van der Waals surface area (Å²) in [6, 6.07) is 16.8. The molecule has 0 saturated heterocycles. The van der Waals surface area contributed by atoms with Gasteiger partial charge in [-0.1, -0.05) is 42.0 Å². The number of benzene rings is 2. The van der Waals surface area contributed by atoms with Crippen LogP contribution < -0.4 is 5.32 Å². The normalized spacial score (nSPS) is 12.8. The SMILES string of the molecule is Cc1ccc(C(CNc2ncnc3c2oc2ccccc23)N(C)C)cc1. The van der Waals surface area contributed by atoms with Gasteiger partial charge in [-0.15, -0.1) is 0 Å².